The Balaban J connectivity index is 1.28. The number of aliphatic hydroxyl groups is 1. The highest BCUT2D eigenvalue weighted by atomic mass is 19.4. The molecule has 2 nitrogen and oxygen atoms in total. The lowest BCUT2D eigenvalue weighted by atomic mass is 9.42. The van der Waals surface area contributed by atoms with Crippen molar-refractivity contribution in [3.63, 3.8) is 0 Å². The van der Waals surface area contributed by atoms with Gasteiger partial charge < -0.3 is 9.84 Å². The lowest BCUT2D eigenvalue weighted by Crippen LogP contribution is -2.57. The molecule has 10 atom stereocenters. The predicted octanol–water partition coefficient (Wildman–Crippen LogP) is 9.84. The molecule has 0 radical (unpaired) electrons. The molecule has 0 aromatic heterocycles. The number of alkyl halides is 3. The molecule has 0 heterocycles. The highest BCUT2D eigenvalue weighted by Gasteiger charge is 2.61. The third-order valence-electron chi connectivity index (χ3n) is 12.8. The first-order chi connectivity index (χ1) is 18.8. The van der Waals surface area contributed by atoms with Crippen LogP contribution in [0.4, 0.5) is 13.2 Å². The van der Waals surface area contributed by atoms with E-state index in [9.17, 15) is 18.3 Å². The van der Waals surface area contributed by atoms with E-state index in [4.69, 9.17) is 0 Å². The molecule has 4 aliphatic carbocycles. The van der Waals surface area contributed by atoms with Crippen molar-refractivity contribution in [1.82, 2.24) is 0 Å². The number of hydrogen-bond acceptors (Lipinski definition) is 2. The highest BCUT2D eigenvalue weighted by Crippen LogP contribution is 2.69. The van der Waals surface area contributed by atoms with Crippen molar-refractivity contribution in [2.75, 3.05) is 0 Å². The van der Waals surface area contributed by atoms with E-state index >= 15 is 0 Å². The Labute approximate surface area is 240 Å². The largest absolute Gasteiger partial charge is 0.573 e. The molecule has 0 aliphatic heterocycles. The first kappa shape index (κ1) is 30.2. The fourth-order valence-corrected chi connectivity index (χ4v) is 10.9. The van der Waals surface area contributed by atoms with Gasteiger partial charge in [-0.05, 0) is 134 Å². The third kappa shape index (κ3) is 5.84. The molecule has 4 saturated carbocycles. The Morgan fingerprint density at radius 2 is 1.50 bits per heavy atom. The first-order valence-corrected chi connectivity index (χ1v) is 16.3. The number of aliphatic hydroxyl groups excluding tert-OH is 1. The summed E-state index contributed by atoms with van der Waals surface area (Å²) in [6, 6.07) is 6.32. The van der Waals surface area contributed by atoms with E-state index in [2.05, 4.69) is 39.4 Å². The van der Waals surface area contributed by atoms with Crippen LogP contribution in [0.1, 0.15) is 111 Å². The van der Waals surface area contributed by atoms with E-state index in [0.717, 1.165) is 60.3 Å². The van der Waals surface area contributed by atoms with Gasteiger partial charge in [0.25, 0.3) is 0 Å². The van der Waals surface area contributed by atoms with Crippen LogP contribution >= 0.6 is 0 Å². The second-order valence-corrected chi connectivity index (χ2v) is 15.3. The van der Waals surface area contributed by atoms with Gasteiger partial charge in [-0.25, -0.2) is 0 Å². The van der Waals surface area contributed by atoms with Crippen LogP contribution in [0.5, 0.6) is 5.75 Å². The van der Waals surface area contributed by atoms with Crippen molar-refractivity contribution in [2.45, 2.75) is 124 Å². The Kier molecular flexibility index (Phi) is 8.66. The molecule has 5 heteroatoms. The Hall–Kier alpha value is -1.23. The van der Waals surface area contributed by atoms with Crippen molar-refractivity contribution in [1.29, 1.82) is 0 Å². The lowest BCUT2D eigenvalue weighted by Gasteiger charge is -2.63. The lowest BCUT2D eigenvalue weighted by molar-refractivity contribution is -0.274. The van der Waals surface area contributed by atoms with E-state index in [-0.39, 0.29) is 23.2 Å². The van der Waals surface area contributed by atoms with Gasteiger partial charge in [0, 0.05) is 0 Å². The van der Waals surface area contributed by atoms with Crippen molar-refractivity contribution < 1.29 is 23.0 Å². The Morgan fingerprint density at radius 3 is 2.17 bits per heavy atom. The van der Waals surface area contributed by atoms with E-state index in [1.54, 1.807) is 12.1 Å². The van der Waals surface area contributed by atoms with Gasteiger partial charge in [0.1, 0.15) is 5.75 Å². The minimum absolute atomic E-state index is 0.166. The van der Waals surface area contributed by atoms with E-state index in [0.29, 0.717) is 11.3 Å². The number of fused-ring (bicyclic) bond motifs is 5. The van der Waals surface area contributed by atoms with Crippen LogP contribution < -0.4 is 4.74 Å². The molecule has 4 fully saturated rings. The quantitative estimate of drug-likeness (QED) is 0.342. The van der Waals surface area contributed by atoms with E-state index < -0.39 is 6.36 Å². The average molecular weight is 563 g/mol. The molecule has 5 rings (SSSR count). The van der Waals surface area contributed by atoms with Gasteiger partial charge >= 0.3 is 6.36 Å². The zero-order chi connectivity index (χ0) is 28.9. The molecule has 0 saturated heterocycles. The summed E-state index contributed by atoms with van der Waals surface area (Å²) >= 11 is 0. The van der Waals surface area contributed by atoms with Gasteiger partial charge in [0.05, 0.1) is 6.10 Å². The van der Waals surface area contributed by atoms with Crippen LogP contribution in [0.15, 0.2) is 24.3 Å². The zero-order valence-electron chi connectivity index (χ0n) is 25.5. The van der Waals surface area contributed by atoms with Gasteiger partial charge in [0.2, 0.25) is 0 Å². The van der Waals surface area contributed by atoms with Crippen LogP contribution in [0, 0.1) is 58.2 Å². The van der Waals surface area contributed by atoms with Gasteiger partial charge in [-0.1, -0.05) is 66.0 Å². The topological polar surface area (TPSA) is 29.5 Å². The average Bonchev–Trinajstić information content (AvgIpc) is 3.23. The molecule has 0 bridgehead atoms. The monoisotopic (exact) mass is 562 g/mol. The maximum absolute atomic E-state index is 12.6. The molecule has 1 N–H and O–H groups in total. The zero-order valence-corrected chi connectivity index (χ0v) is 25.5. The highest BCUT2D eigenvalue weighted by molar-refractivity contribution is 5.28. The molecule has 0 unspecified atom stereocenters. The van der Waals surface area contributed by atoms with Crippen LogP contribution in [-0.2, 0) is 6.42 Å². The number of hydrogen-bond donors (Lipinski definition) is 1. The van der Waals surface area contributed by atoms with E-state index in [1.165, 1.54) is 69.9 Å². The molecular weight excluding hydrogens is 509 g/mol. The molecule has 0 spiro atoms. The Bertz CT molecular complexity index is 989. The summed E-state index contributed by atoms with van der Waals surface area (Å²) in [5.74, 6) is 5.32. The molecular formula is C35H53F3O2. The molecule has 1 aromatic carbocycles. The Morgan fingerprint density at radius 1 is 0.850 bits per heavy atom. The molecule has 226 valence electrons. The minimum atomic E-state index is -4.68. The van der Waals surface area contributed by atoms with Crippen molar-refractivity contribution in [3.8, 4) is 5.75 Å². The van der Waals surface area contributed by atoms with Crippen LogP contribution in [0.25, 0.3) is 0 Å². The SMILES string of the molecule is CC(C)CCC[C@@H](C)[C@H]1CC[C@H]2[C@@H]3CC[C@H]4[C@H](Cc5ccc(OC(F)(F)F)cc5)[C@H](O)CC[C@]4(C)[C@H]3CC[C@]12C. The van der Waals surface area contributed by atoms with Crippen LogP contribution in [0.2, 0.25) is 0 Å². The minimum Gasteiger partial charge on any atom is -0.406 e. The van der Waals surface area contributed by atoms with Crippen molar-refractivity contribution in [3.05, 3.63) is 29.8 Å². The molecule has 0 amide bonds. The summed E-state index contributed by atoms with van der Waals surface area (Å²) in [5.41, 5.74) is 1.72. The number of ether oxygens (including phenoxy) is 1. The fourth-order valence-electron chi connectivity index (χ4n) is 10.9. The van der Waals surface area contributed by atoms with Crippen LogP contribution in [-0.4, -0.2) is 17.6 Å². The summed E-state index contributed by atoms with van der Waals surface area (Å²) in [4.78, 5) is 0. The van der Waals surface area contributed by atoms with Crippen molar-refractivity contribution >= 4 is 0 Å². The summed E-state index contributed by atoms with van der Waals surface area (Å²) in [6.07, 6.45) is 9.69. The fraction of sp³-hybridized carbons (Fsp3) is 0.829. The standard InChI is InChI=1S/C35H53F3O2/c1-22(2)7-6-8-23(3)28-15-16-29-26-13-14-30-27(21-24-9-11-25(12-10-24)40-35(36,37)38)32(39)18-20-34(30,5)31(26)17-19-33(28,29)4/h9-12,22-23,26-32,39H,6-8,13-21H2,1-5H3/t23-,26+,27+,28-,29+,30+,31+,32-,33-,34+/m1/s1. The summed E-state index contributed by atoms with van der Waals surface area (Å²) < 4.78 is 41.9. The summed E-state index contributed by atoms with van der Waals surface area (Å²) in [5, 5.41) is 11.2. The van der Waals surface area contributed by atoms with Crippen molar-refractivity contribution in [2.24, 2.45) is 58.2 Å². The predicted molar refractivity (Wildman–Crippen MR) is 155 cm³/mol. The third-order valence-corrected chi connectivity index (χ3v) is 12.8. The van der Waals surface area contributed by atoms with Crippen LogP contribution in [0.3, 0.4) is 0 Å². The molecule has 40 heavy (non-hydrogen) atoms. The summed E-state index contributed by atoms with van der Waals surface area (Å²) in [7, 11) is 0. The maximum atomic E-state index is 12.6. The maximum Gasteiger partial charge on any atom is 0.573 e. The number of halogens is 3. The van der Waals surface area contributed by atoms with Gasteiger partial charge in [-0.3, -0.25) is 0 Å². The summed E-state index contributed by atoms with van der Waals surface area (Å²) in [6.45, 7) is 12.4. The molecule has 1 aromatic rings. The van der Waals surface area contributed by atoms with Gasteiger partial charge in [-0.15, -0.1) is 13.2 Å². The van der Waals surface area contributed by atoms with Gasteiger partial charge in [0.15, 0.2) is 0 Å². The number of rotatable bonds is 8. The first-order valence-electron chi connectivity index (χ1n) is 16.3. The number of benzene rings is 1. The van der Waals surface area contributed by atoms with E-state index in [1.807, 2.05) is 0 Å². The molecule has 4 aliphatic rings. The normalized spacial score (nSPS) is 40.3. The smallest absolute Gasteiger partial charge is 0.406 e. The second kappa shape index (κ2) is 11.5. The van der Waals surface area contributed by atoms with Gasteiger partial charge in [-0.2, -0.15) is 0 Å². The second-order valence-electron chi connectivity index (χ2n) is 15.3.